The van der Waals surface area contributed by atoms with Crippen molar-refractivity contribution >= 4 is 11.7 Å². The lowest BCUT2D eigenvalue weighted by molar-refractivity contribution is -0.137. The Hall–Kier alpha value is -4.32. The van der Waals surface area contributed by atoms with Crippen LogP contribution in [0.25, 0.3) is 11.3 Å². The second kappa shape index (κ2) is 12.2. The van der Waals surface area contributed by atoms with E-state index in [9.17, 15) is 18.0 Å². The number of nitrogens with zero attached hydrogens (tertiary/aromatic N) is 4. The van der Waals surface area contributed by atoms with Gasteiger partial charge in [-0.25, -0.2) is 9.97 Å². The number of carbonyl (C=O) groups excluding carboxylic acids is 1. The van der Waals surface area contributed by atoms with Crippen LogP contribution >= 0.6 is 0 Å². The lowest BCUT2D eigenvalue weighted by Gasteiger charge is -2.22. The van der Waals surface area contributed by atoms with Crippen molar-refractivity contribution in [3.05, 3.63) is 83.7 Å². The Morgan fingerprint density at radius 2 is 1.85 bits per heavy atom. The summed E-state index contributed by atoms with van der Waals surface area (Å²) in [5.74, 6) is 0.569. The van der Waals surface area contributed by atoms with E-state index in [-0.39, 0.29) is 22.9 Å². The second-order valence-corrected chi connectivity index (χ2v) is 9.42. The molecule has 9 nitrogen and oxygen atoms in total. The number of carbonyl (C=O) groups is 1. The van der Waals surface area contributed by atoms with Crippen LogP contribution in [0.3, 0.4) is 0 Å². The number of ether oxygens (including phenoxy) is 2. The minimum atomic E-state index is -4.63. The van der Waals surface area contributed by atoms with Crippen LogP contribution in [0.4, 0.5) is 19.0 Å². The molecule has 3 heterocycles. The summed E-state index contributed by atoms with van der Waals surface area (Å²) in [4.78, 5) is 23.6. The molecule has 0 spiro atoms. The minimum absolute atomic E-state index is 0.00923. The van der Waals surface area contributed by atoms with Crippen molar-refractivity contribution in [3.63, 3.8) is 0 Å². The third-order valence-corrected chi connectivity index (χ3v) is 6.58. The van der Waals surface area contributed by atoms with Gasteiger partial charge in [-0.3, -0.25) is 4.79 Å². The Labute approximate surface area is 228 Å². The lowest BCUT2D eigenvalue weighted by Crippen LogP contribution is -2.17. The third kappa shape index (κ3) is 7.00. The number of alkyl halides is 3. The molecule has 40 heavy (non-hydrogen) atoms. The number of hydrogen-bond acceptors (Lipinski definition) is 7. The van der Waals surface area contributed by atoms with Crippen LogP contribution in [0, 0.1) is 5.92 Å². The quantitative estimate of drug-likeness (QED) is 0.289. The Morgan fingerprint density at radius 1 is 1.05 bits per heavy atom. The zero-order valence-corrected chi connectivity index (χ0v) is 21.4. The number of rotatable bonds is 9. The number of hydrogen-bond donors (Lipinski definition) is 2. The molecule has 1 aliphatic heterocycles. The smallest absolute Gasteiger partial charge is 0.417 e. The molecule has 0 atom stereocenters. The lowest BCUT2D eigenvalue weighted by atomic mass is 9.97. The van der Waals surface area contributed by atoms with E-state index in [0.29, 0.717) is 43.7 Å². The molecule has 208 valence electrons. The largest absolute Gasteiger partial charge is 0.494 e. The van der Waals surface area contributed by atoms with E-state index in [1.165, 1.54) is 18.2 Å². The van der Waals surface area contributed by atoms with Gasteiger partial charge in [0.05, 0.1) is 17.9 Å². The molecule has 0 radical (unpaired) electrons. The van der Waals surface area contributed by atoms with Crippen molar-refractivity contribution in [2.75, 3.05) is 25.1 Å². The molecular weight excluding hydrogens is 525 g/mol. The molecule has 2 aromatic heterocycles. The van der Waals surface area contributed by atoms with E-state index in [1.807, 2.05) is 30.3 Å². The molecule has 0 bridgehead atoms. The van der Waals surface area contributed by atoms with Crippen molar-refractivity contribution in [1.82, 2.24) is 25.1 Å². The molecule has 5 rings (SSSR count). The summed E-state index contributed by atoms with van der Waals surface area (Å²) in [5, 5.41) is 10.4. The first-order chi connectivity index (χ1) is 19.3. The summed E-state index contributed by atoms with van der Waals surface area (Å²) in [6.45, 7) is 1.81. The predicted octanol–water partition coefficient (Wildman–Crippen LogP) is 5.32. The fourth-order valence-electron chi connectivity index (χ4n) is 4.47. The topological polar surface area (TPSA) is 115 Å². The summed E-state index contributed by atoms with van der Waals surface area (Å²) in [6.07, 6.45) is -0.409. The van der Waals surface area contributed by atoms with Gasteiger partial charge in [0, 0.05) is 31.3 Å². The number of benzene rings is 2. The number of halogens is 3. The van der Waals surface area contributed by atoms with Gasteiger partial charge >= 0.3 is 6.18 Å². The number of nitrogens with one attached hydrogen (secondary N) is 2. The SMILES string of the molecule is O=C(Nc1cc(-c2cc(OCCC3CCOCC3)ccc2C(F)(F)F)ncn1)c1nnc(Cc2ccccc2)[nH]1. The number of aromatic nitrogens is 5. The van der Waals surface area contributed by atoms with Crippen molar-refractivity contribution in [1.29, 1.82) is 0 Å². The van der Waals surface area contributed by atoms with Crippen molar-refractivity contribution < 1.29 is 27.4 Å². The molecule has 4 aromatic rings. The highest BCUT2D eigenvalue weighted by molar-refractivity contribution is 6.01. The average Bonchev–Trinajstić information content (AvgIpc) is 3.42. The van der Waals surface area contributed by atoms with Crippen LogP contribution in [0.15, 0.2) is 60.9 Å². The summed E-state index contributed by atoms with van der Waals surface area (Å²) in [7, 11) is 0. The van der Waals surface area contributed by atoms with E-state index in [1.54, 1.807) is 0 Å². The number of anilines is 1. The maximum atomic E-state index is 13.9. The second-order valence-electron chi connectivity index (χ2n) is 9.42. The minimum Gasteiger partial charge on any atom is -0.494 e. The first-order valence-electron chi connectivity index (χ1n) is 12.9. The fourth-order valence-corrected chi connectivity index (χ4v) is 4.47. The Kier molecular flexibility index (Phi) is 8.34. The van der Waals surface area contributed by atoms with E-state index in [4.69, 9.17) is 9.47 Å². The number of aromatic amines is 1. The van der Waals surface area contributed by atoms with Crippen molar-refractivity contribution in [2.45, 2.75) is 31.9 Å². The van der Waals surface area contributed by atoms with Crippen LogP contribution in [0.5, 0.6) is 5.75 Å². The molecular formula is C28H27F3N6O3. The molecule has 2 aromatic carbocycles. The highest BCUT2D eigenvalue weighted by atomic mass is 19.4. The first kappa shape index (κ1) is 27.3. The molecule has 1 saturated heterocycles. The van der Waals surface area contributed by atoms with Gasteiger partial charge in [-0.1, -0.05) is 30.3 Å². The van der Waals surface area contributed by atoms with Crippen LogP contribution in [-0.4, -0.2) is 50.9 Å². The molecule has 2 N–H and O–H groups in total. The number of H-pyrrole nitrogens is 1. The van der Waals surface area contributed by atoms with Crippen LogP contribution in [0.2, 0.25) is 0 Å². The summed E-state index contributed by atoms with van der Waals surface area (Å²) in [6, 6.07) is 14.4. The fraction of sp³-hybridized carbons (Fsp3) is 0.321. The van der Waals surface area contributed by atoms with Gasteiger partial charge < -0.3 is 19.8 Å². The van der Waals surface area contributed by atoms with Gasteiger partial charge in [0.25, 0.3) is 5.91 Å². The van der Waals surface area contributed by atoms with Gasteiger partial charge in [-0.2, -0.15) is 13.2 Å². The molecule has 12 heteroatoms. The molecule has 1 aliphatic rings. The predicted molar refractivity (Wildman–Crippen MR) is 140 cm³/mol. The monoisotopic (exact) mass is 552 g/mol. The maximum Gasteiger partial charge on any atom is 0.417 e. The third-order valence-electron chi connectivity index (χ3n) is 6.58. The van der Waals surface area contributed by atoms with Gasteiger partial charge in [0.1, 0.15) is 23.7 Å². The maximum absolute atomic E-state index is 13.9. The summed E-state index contributed by atoms with van der Waals surface area (Å²) >= 11 is 0. The van der Waals surface area contributed by atoms with Gasteiger partial charge in [0.2, 0.25) is 5.82 Å². The molecule has 1 amide bonds. The zero-order valence-electron chi connectivity index (χ0n) is 21.4. The normalized spacial score (nSPS) is 14.2. The Morgan fingerprint density at radius 3 is 2.62 bits per heavy atom. The van der Waals surface area contributed by atoms with Crippen LogP contribution in [0.1, 0.15) is 46.8 Å². The molecule has 0 saturated carbocycles. The molecule has 0 aliphatic carbocycles. The van der Waals surface area contributed by atoms with Gasteiger partial charge in [-0.15, -0.1) is 10.2 Å². The first-order valence-corrected chi connectivity index (χ1v) is 12.9. The van der Waals surface area contributed by atoms with E-state index in [0.717, 1.165) is 37.2 Å². The van der Waals surface area contributed by atoms with Crippen molar-refractivity contribution in [3.8, 4) is 17.0 Å². The molecule has 1 fully saturated rings. The van der Waals surface area contributed by atoms with E-state index in [2.05, 4.69) is 30.5 Å². The molecule has 0 unspecified atom stereocenters. The van der Waals surface area contributed by atoms with E-state index >= 15 is 0 Å². The van der Waals surface area contributed by atoms with E-state index < -0.39 is 17.6 Å². The standard InChI is InChI=1S/C28H27F3N6O3/c29-28(30,31)22-7-6-20(40-13-10-18-8-11-39-12-9-18)15-21(22)23-16-24(33-17-32-23)35-27(38)26-34-25(36-37-26)14-19-4-2-1-3-5-19/h1-7,15-18H,8-14H2,(H,34,36,37)(H,32,33,35,38). The summed E-state index contributed by atoms with van der Waals surface area (Å²) < 4.78 is 52.8. The van der Waals surface area contributed by atoms with Crippen molar-refractivity contribution in [2.24, 2.45) is 5.92 Å². The summed E-state index contributed by atoms with van der Waals surface area (Å²) in [5.41, 5.74) is -0.0871. The number of amides is 1. The Bertz CT molecular complexity index is 1440. The van der Waals surface area contributed by atoms with Gasteiger partial charge in [-0.05, 0) is 48.9 Å². The highest BCUT2D eigenvalue weighted by Gasteiger charge is 2.34. The van der Waals surface area contributed by atoms with Gasteiger partial charge in [0.15, 0.2) is 0 Å². The zero-order chi connectivity index (χ0) is 28.0. The highest BCUT2D eigenvalue weighted by Crippen LogP contribution is 2.38. The van der Waals surface area contributed by atoms with Crippen LogP contribution < -0.4 is 10.1 Å². The Balaban J connectivity index is 1.30. The van der Waals surface area contributed by atoms with Crippen LogP contribution in [-0.2, 0) is 17.3 Å². The average molecular weight is 553 g/mol.